The van der Waals surface area contributed by atoms with Crippen molar-refractivity contribution >= 4 is 30.2 Å². The van der Waals surface area contributed by atoms with E-state index < -0.39 is 23.7 Å². The van der Waals surface area contributed by atoms with Crippen LogP contribution in [0.5, 0.6) is 5.75 Å². The van der Waals surface area contributed by atoms with Crippen LogP contribution in [0, 0.1) is 5.92 Å². The van der Waals surface area contributed by atoms with Gasteiger partial charge < -0.3 is 36.5 Å². The number of carbonyl (C=O) groups excluding carboxylic acids is 3. The zero-order valence-electron chi connectivity index (χ0n) is 19.6. The van der Waals surface area contributed by atoms with Crippen molar-refractivity contribution in [2.75, 3.05) is 0 Å². The molecule has 5 radical (unpaired) electrons. The number of carbonyl (C=O) groups is 5. The van der Waals surface area contributed by atoms with Crippen LogP contribution in [0.2, 0.25) is 0 Å². The van der Waals surface area contributed by atoms with E-state index in [0.717, 1.165) is 19.8 Å². The first-order chi connectivity index (χ1) is 11.9. The summed E-state index contributed by atoms with van der Waals surface area (Å²) in [5, 5.41) is 24.2. The van der Waals surface area contributed by atoms with Gasteiger partial charge in [0, 0.05) is 143 Å². The molecule has 9 N–H and O–H groups in total. The standard InChI is InChI=1S/C7H6O3.C5H6O4.C4H10.CH2O2.3H2O.5Sc/c8-6-4-2-1-3-5(6)7(9)10;1-3(6)5(8)9-4(2)7;1-4(2)3;2-1-3;;;;;;;;/h1-4,8H,(H,9,10);1-2H3;4H,1-3H3;1H,(H,2,3);3*1H2;;;;;. The van der Waals surface area contributed by atoms with E-state index in [9.17, 15) is 19.2 Å². The van der Waals surface area contributed by atoms with E-state index >= 15 is 0 Å². The van der Waals surface area contributed by atoms with E-state index in [0.29, 0.717) is 0 Å². The van der Waals surface area contributed by atoms with Crippen LogP contribution in [0.25, 0.3) is 0 Å². The van der Waals surface area contributed by atoms with Crippen molar-refractivity contribution < 1.29 is 190 Å². The number of phenols is 1. The molecule has 185 valence electrons. The summed E-state index contributed by atoms with van der Waals surface area (Å²) < 4.78 is 3.88. The Balaban J connectivity index is -0.0000000230. The third-order valence-corrected chi connectivity index (χ3v) is 1.66. The van der Waals surface area contributed by atoms with Crippen LogP contribution in [0.3, 0.4) is 0 Å². The van der Waals surface area contributed by atoms with E-state index in [4.69, 9.17) is 20.1 Å². The molecule has 1 rings (SSSR count). The van der Waals surface area contributed by atoms with Crippen molar-refractivity contribution in [1.29, 1.82) is 0 Å². The molecule has 0 saturated carbocycles. The largest absolute Gasteiger partial charge is 0.507 e. The second kappa shape index (κ2) is 47.2. The molecule has 0 saturated heterocycles. The summed E-state index contributed by atoms with van der Waals surface area (Å²) in [6.45, 7) is 8.34. The number of benzene rings is 1. The molecular weight excluding hydrogens is 621 g/mol. The van der Waals surface area contributed by atoms with Crippen LogP contribution in [-0.4, -0.2) is 61.9 Å². The Morgan fingerprint density at radius 2 is 1.15 bits per heavy atom. The van der Waals surface area contributed by atoms with Gasteiger partial charge in [0.1, 0.15) is 11.3 Å². The Bertz CT molecular complexity index is 614. The first kappa shape index (κ1) is 70.2. The number of aromatic carboxylic acids is 1. The first-order valence-corrected chi connectivity index (χ1v) is 7.23. The second-order valence-corrected chi connectivity index (χ2v) is 5.10. The molecular formula is C17H30O12Sc5. The SMILES string of the molecule is CC(=O)OC(=O)C(C)=O.CC(C)C.O.O.O.O=C(O)c1ccccc1O.O=CO.[Sc].[Sc].[Sc].[Sc].[Sc]. The van der Waals surface area contributed by atoms with Gasteiger partial charge in [-0.05, 0) is 18.1 Å². The van der Waals surface area contributed by atoms with E-state index in [2.05, 4.69) is 25.5 Å². The Kier molecular flexibility index (Phi) is 97.6. The van der Waals surface area contributed by atoms with Gasteiger partial charge in [-0.1, -0.05) is 32.9 Å². The molecule has 0 spiro atoms. The fourth-order valence-electron chi connectivity index (χ4n) is 0.857. The fourth-order valence-corrected chi connectivity index (χ4v) is 0.857. The van der Waals surface area contributed by atoms with E-state index in [-0.39, 0.29) is 163 Å². The van der Waals surface area contributed by atoms with Gasteiger partial charge in [0.05, 0.1) is 0 Å². The molecule has 0 aliphatic rings. The van der Waals surface area contributed by atoms with Gasteiger partial charge in [0.25, 0.3) is 6.47 Å². The molecule has 0 fully saturated rings. The average molecular weight is 651 g/mol. The molecule has 12 nitrogen and oxygen atoms in total. The third kappa shape index (κ3) is 58.7. The van der Waals surface area contributed by atoms with Gasteiger partial charge in [-0.2, -0.15) is 0 Å². The summed E-state index contributed by atoms with van der Waals surface area (Å²) in [6.07, 6.45) is 0. The summed E-state index contributed by atoms with van der Waals surface area (Å²) in [4.78, 5) is 48.8. The number of esters is 2. The van der Waals surface area contributed by atoms with E-state index in [1.807, 2.05) is 0 Å². The molecule has 0 aromatic heterocycles. The summed E-state index contributed by atoms with van der Waals surface area (Å²) >= 11 is 0. The predicted octanol–water partition coefficient (Wildman–Crippen LogP) is -0.368. The number of carboxylic acids is 1. The number of aromatic hydroxyl groups is 1. The molecule has 1 aromatic carbocycles. The number of carboxylic acid groups (broad SMARTS) is 2. The van der Waals surface area contributed by atoms with Gasteiger partial charge >= 0.3 is 17.9 Å². The predicted molar refractivity (Wildman–Crippen MR) is 103 cm³/mol. The number of hydrogen-bond donors (Lipinski definition) is 3. The zero-order valence-corrected chi connectivity index (χ0v) is 28.7. The van der Waals surface area contributed by atoms with E-state index in [1.165, 1.54) is 12.1 Å². The van der Waals surface area contributed by atoms with Gasteiger partial charge in [-0.3, -0.25) is 14.4 Å². The Morgan fingerprint density at radius 3 is 1.29 bits per heavy atom. The molecule has 0 bridgehead atoms. The molecule has 0 heterocycles. The minimum absolute atomic E-state index is 0. The molecule has 0 aliphatic carbocycles. The van der Waals surface area contributed by atoms with Crippen LogP contribution in [0.15, 0.2) is 24.3 Å². The maximum absolute atomic E-state index is 10.3. The van der Waals surface area contributed by atoms with Crippen LogP contribution in [-0.2, 0) is 153 Å². The first-order valence-electron chi connectivity index (χ1n) is 7.23. The summed E-state index contributed by atoms with van der Waals surface area (Å²) in [6, 6.07) is 5.81. The monoisotopic (exact) mass is 651 g/mol. The number of ether oxygens (including phenoxy) is 1. The van der Waals surface area contributed by atoms with E-state index in [1.54, 1.807) is 12.1 Å². The van der Waals surface area contributed by atoms with Gasteiger partial charge in [-0.15, -0.1) is 0 Å². The van der Waals surface area contributed by atoms with Crippen molar-refractivity contribution in [3.05, 3.63) is 29.8 Å². The summed E-state index contributed by atoms with van der Waals surface area (Å²) in [7, 11) is 0. The Hall–Kier alpha value is 1.00. The fraction of sp³-hybridized carbons (Fsp3) is 0.353. The maximum atomic E-state index is 10.3. The second-order valence-electron chi connectivity index (χ2n) is 5.10. The zero-order chi connectivity index (χ0) is 21.3. The molecule has 1 aromatic rings. The van der Waals surface area contributed by atoms with Gasteiger partial charge in [0.15, 0.2) is 0 Å². The molecule has 0 atom stereocenters. The van der Waals surface area contributed by atoms with Gasteiger partial charge in [-0.25, -0.2) is 9.59 Å². The topological polar surface area (TPSA) is 250 Å². The van der Waals surface area contributed by atoms with Crippen LogP contribution in [0.1, 0.15) is 45.0 Å². The third-order valence-electron chi connectivity index (χ3n) is 1.66. The molecule has 0 amide bonds. The van der Waals surface area contributed by atoms with Crippen LogP contribution in [0.4, 0.5) is 0 Å². The normalized spacial score (nSPS) is 6.29. The number of hydrogen-bond acceptors (Lipinski definition) is 7. The summed E-state index contributed by atoms with van der Waals surface area (Å²) in [5.41, 5.74) is -0.0671. The van der Waals surface area contributed by atoms with Gasteiger partial charge in [0.2, 0.25) is 5.78 Å². The van der Waals surface area contributed by atoms with Crippen molar-refractivity contribution in [3.8, 4) is 5.75 Å². The summed E-state index contributed by atoms with van der Waals surface area (Å²) in [5.74, 6) is -3.13. The van der Waals surface area contributed by atoms with Crippen molar-refractivity contribution in [2.24, 2.45) is 5.92 Å². The number of Topliss-reactive ketones (excluding diaryl/α,β-unsaturated/α-hetero) is 1. The van der Waals surface area contributed by atoms with Crippen LogP contribution >= 0.6 is 0 Å². The molecule has 17 heteroatoms. The minimum Gasteiger partial charge on any atom is -0.507 e. The molecule has 0 unspecified atom stereocenters. The number of rotatable bonds is 2. The average Bonchev–Trinajstić information content (AvgIpc) is 2.47. The van der Waals surface area contributed by atoms with Crippen molar-refractivity contribution in [2.45, 2.75) is 34.6 Å². The Morgan fingerprint density at radius 1 is 0.853 bits per heavy atom. The number of ketones is 1. The van der Waals surface area contributed by atoms with Crippen molar-refractivity contribution in [3.63, 3.8) is 0 Å². The van der Waals surface area contributed by atoms with Crippen molar-refractivity contribution in [1.82, 2.24) is 0 Å². The quantitative estimate of drug-likeness (QED) is 0.163. The smallest absolute Gasteiger partial charge is 0.381 e. The Labute approximate surface area is 292 Å². The number of para-hydroxylation sites is 1. The van der Waals surface area contributed by atoms with Crippen LogP contribution < -0.4 is 0 Å². The minimum atomic E-state index is -1.11. The molecule has 34 heavy (non-hydrogen) atoms. The molecule has 0 aliphatic heterocycles. The maximum Gasteiger partial charge on any atom is 0.381 e.